The molecule has 1 heterocycles. The highest BCUT2D eigenvalue weighted by atomic mass is 16.3. The second-order valence-electron chi connectivity index (χ2n) is 9.09. The van der Waals surface area contributed by atoms with Crippen molar-refractivity contribution in [1.82, 2.24) is 0 Å². The van der Waals surface area contributed by atoms with Gasteiger partial charge in [0.15, 0.2) is 0 Å². The number of furan rings is 1. The van der Waals surface area contributed by atoms with Gasteiger partial charge in [0, 0.05) is 16.6 Å². The summed E-state index contributed by atoms with van der Waals surface area (Å²) in [5.41, 5.74) is 8.59. The van der Waals surface area contributed by atoms with Gasteiger partial charge in [0.25, 0.3) is 0 Å². The Labute approximate surface area is 209 Å². The predicted molar refractivity (Wildman–Crippen MR) is 152 cm³/mol. The molecule has 0 saturated heterocycles. The summed E-state index contributed by atoms with van der Waals surface area (Å²) in [6, 6.07) is 46.7. The van der Waals surface area contributed by atoms with Crippen LogP contribution in [0.5, 0.6) is 0 Å². The van der Waals surface area contributed by atoms with E-state index in [0.717, 1.165) is 38.9 Å². The van der Waals surface area contributed by atoms with Crippen molar-refractivity contribution in [3.8, 4) is 22.3 Å². The minimum absolute atomic E-state index is 0.878. The Bertz CT molecular complexity index is 1860. The van der Waals surface area contributed by atoms with Crippen molar-refractivity contribution in [2.45, 2.75) is 0 Å². The summed E-state index contributed by atoms with van der Waals surface area (Å²) >= 11 is 0. The molecule has 1 aromatic heterocycles. The number of para-hydroxylation sites is 1. The van der Waals surface area contributed by atoms with Gasteiger partial charge in [0.2, 0.25) is 0 Å². The molecule has 36 heavy (non-hydrogen) atoms. The molecule has 7 aromatic rings. The van der Waals surface area contributed by atoms with Crippen molar-refractivity contribution >= 4 is 44.1 Å². The Balaban J connectivity index is 1.36. The first kappa shape index (κ1) is 20.5. The van der Waals surface area contributed by atoms with E-state index >= 15 is 0 Å². The lowest BCUT2D eigenvalue weighted by Gasteiger charge is -2.14. The molecule has 0 spiro atoms. The molecule has 0 aliphatic carbocycles. The quantitative estimate of drug-likeness (QED) is 0.282. The molecule has 0 bridgehead atoms. The van der Waals surface area contributed by atoms with E-state index in [-0.39, 0.29) is 0 Å². The van der Waals surface area contributed by atoms with Crippen LogP contribution in [0, 0.1) is 0 Å². The summed E-state index contributed by atoms with van der Waals surface area (Å²) in [6.45, 7) is 0. The largest absolute Gasteiger partial charge is 0.456 e. The summed E-state index contributed by atoms with van der Waals surface area (Å²) in [6.07, 6.45) is 0. The van der Waals surface area contributed by atoms with Crippen LogP contribution >= 0.6 is 0 Å². The van der Waals surface area contributed by atoms with Crippen LogP contribution in [0.2, 0.25) is 0 Å². The van der Waals surface area contributed by atoms with E-state index in [0.29, 0.717) is 0 Å². The zero-order valence-corrected chi connectivity index (χ0v) is 19.6. The molecule has 2 nitrogen and oxygen atoms in total. The highest BCUT2D eigenvalue weighted by molar-refractivity contribution is 6.13. The first-order valence-electron chi connectivity index (χ1n) is 12.2. The molecule has 0 atom stereocenters. The third kappa shape index (κ3) is 3.52. The van der Waals surface area contributed by atoms with E-state index in [2.05, 4.69) is 121 Å². The maximum atomic E-state index is 6.24. The molecule has 0 aliphatic rings. The minimum atomic E-state index is 0.878. The lowest BCUT2D eigenvalue weighted by Crippen LogP contribution is -1.94. The Kier molecular flexibility index (Phi) is 4.82. The fourth-order valence-electron chi connectivity index (χ4n) is 5.09. The maximum Gasteiger partial charge on any atom is 0.137 e. The molecular weight excluding hydrogens is 438 g/mol. The molecule has 170 valence electrons. The summed E-state index contributed by atoms with van der Waals surface area (Å²) in [4.78, 5) is 0. The number of fused-ring (bicyclic) bond motifs is 4. The second-order valence-corrected chi connectivity index (χ2v) is 9.09. The van der Waals surface area contributed by atoms with Crippen LogP contribution in [-0.2, 0) is 0 Å². The maximum absolute atomic E-state index is 6.24. The van der Waals surface area contributed by atoms with Gasteiger partial charge in [-0.1, -0.05) is 97.1 Å². The molecule has 7 rings (SSSR count). The van der Waals surface area contributed by atoms with Crippen molar-refractivity contribution < 1.29 is 4.42 Å². The van der Waals surface area contributed by atoms with Gasteiger partial charge in [-0.2, -0.15) is 0 Å². The van der Waals surface area contributed by atoms with Crippen LogP contribution in [0.4, 0.5) is 11.4 Å². The average molecular weight is 462 g/mol. The highest BCUT2D eigenvalue weighted by Crippen LogP contribution is 2.39. The Morgan fingerprint density at radius 2 is 1.19 bits per heavy atom. The highest BCUT2D eigenvalue weighted by Gasteiger charge is 2.14. The number of hydrogen-bond acceptors (Lipinski definition) is 2. The Morgan fingerprint density at radius 1 is 0.444 bits per heavy atom. The normalized spacial score (nSPS) is 11.3. The molecule has 0 amide bonds. The van der Waals surface area contributed by atoms with Crippen LogP contribution in [0.3, 0.4) is 0 Å². The number of rotatable bonds is 4. The SMILES string of the molecule is c1ccc(-c2ccc3oc4cccc(Nc5ccccc5-c5ccc6ccccc6c5)c4c3c2)cc1. The Morgan fingerprint density at radius 3 is 2.11 bits per heavy atom. The van der Waals surface area contributed by atoms with Gasteiger partial charge in [0.1, 0.15) is 11.2 Å². The number of benzene rings is 6. The van der Waals surface area contributed by atoms with Crippen molar-refractivity contribution in [2.75, 3.05) is 5.32 Å². The number of nitrogens with one attached hydrogen (secondary N) is 1. The predicted octanol–water partition coefficient (Wildman–Crippen LogP) is 9.82. The van der Waals surface area contributed by atoms with Crippen molar-refractivity contribution in [2.24, 2.45) is 0 Å². The zero-order chi connectivity index (χ0) is 23.9. The number of hydrogen-bond donors (Lipinski definition) is 1. The summed E-state index contributed by atoms with van der Waals surface area (Å²) < 4.78 is 6.24. The van der Waals surface area contributed by atoms with E-state index in [1.165, 1.54) is 27.5 Å². The lowest BCUT2D eigenvalue weighted by molar-refractivity contribution is 0.669. The van der Waals surface area contributed by atoms with E-state index in [1.807, 2.05) is 18.2 Å². The molecule has 0 radical (unpaired) electrons. The monoisotopic (exact) mass is 461 g/mol. The molecule has 1 N–H and O–H groups in total. The minimum Gasteiger partial charge on any atom is -0.456 e. The van der Waals surface area contributed by atoms with Crippen LogP contribution in [0.25, 0.3) is 55.0 Å². The number of anilines is 2. The third-order valence-corrected chi connectivity index (χ3v) is 6.86. The third-order valence-electron chi connectivity index (χ3n) is 6.86. The van der Waals surface area contributed by atoms with E-state index < -0.39 is 0 Å². The molecule has 6 aromatic carbocycles. The van der Waals surface area contributed by atoms with Gasteiger partial charge in [0.05, 0.1) is 11.1 Å². The molecular formula is C34H23NO. The topological polar surface area (TPSA) is 25.2 Å². The van der Waals surface area contributed by atoms with Gasteiger partial charge in [-0.05, 0) is 63.9 Å². The van der Waals surface area contributed by atoms with Crippen LogP contribution < -0.4 is 5.32 Å². The molecule has 0 unspecified atom stereocenters. The van der Waals surface area contributed by atoms with Crippen molar-refractivity contribution in [3.63, 3.8) is 0 Å². The fraction of sp³-hybridized carbons (Fsp3) is 0. The lowest BCUT2D eigenvalue weighted by atomic mass is 9.99. The zero-order valence-electron chi connectivity index (χ0n) is 19.6. The molecule has 2 heteroatoms. The van der Waals surface area contributed by atoms with Crippen LogP contribution in [0.1, 0.15) is 0 Å². The van der Waals surface area contributed by atoms with Gasteiger partial charge in [-0.25, -0.2) is 0 Å². The van der Waals surface area contributed by atoms with E-state index in [4.69, 9.17) is 4.42 Å². The van der Waals surface area contributed by atoms with Gasteiger partial charge < -0.3 is 9.73 Å². The van der Waals surface area contributed by atoms with Gasteiger partial charge in [-0.15, -0.1) is 0 Å². The summed E-state index contributed by atoms with van der Waals surface area (Å²) in [5.74, 6) is 0. The fourth-order valence-corrected chi connectivity index (χ4v) is 5.09. The van der Waals surface area contributed by atoms with E-state index in [1.54, 1.807) is 0 Å². The van der Waals surface area contributed by atoms with E-state index in [9.17, 15) is 0 Å². The Hall–Kier alpha value is -4.82. The van der Waals surface area contributed by atoms with Crippen LogP contribution in [-0.4, -0.2) is 0 Å². The standard InChI is InChI=1S/C34H23NO/c1-2-9-23(10-3-1)26-19-20-32-29(22-26)34-31(15-8-16-33(34)36-32)35-30-14-7-6-13-28(30)27-18-17-24-11-4-5-12-25(24)21-27/h1-22,35H. The molecule has 0 fully saturated rings. The smallest absolute Gasteiger partial charge is 0.137 e. The average Bonchev–Trinajstić information content (AvgIpc) is 3.32. The van der Waals surface area contributed by atoms with Gasteiger partial charge >= 0.3 is 0 Å². The summed E-state index contributed by atoms with van der Waals surface area (Å²) in [5, 5.41) is 8.43. The second kappa shape index (κ2) is 8.44. The first-order valence-corrected chi connectivity index (χ1v) is 12.2. The van der Waals surface area contributed by atoms with Crippen LogP contribution in [0.15, 0.2) is 138 Å². The van der Waals surface area contributed by atoms with Crippen molar-refractivity contribution in [3.05, 3.63) is 133 Å². The van der Waals surface area contributed by atoms with Crippen molar-refractivity contribution in [1.29, 1.82) is 0 Å². The molecule has 0 saturated carbocycles. The van der Waals surface area contributed by atoms with Gasteiger partial charge in [-0.3, -0.25) is 0 Å². The molecule has 0 aliphatic heterocycles. The first-order chi connectivity index (χ1) is 17.8. The summed E-state index contributed by atoms with van der Waals surface area (Å²) in [7, 11) is 0.